The lowest BCUT2D eigenvalue weighted by Crippen LogP contribution is -2.49. The molecular weight excluding hydrogens is 298 g/mol. The van der Waals surface area contributed by atoms with Crippen molar-refractivity contribution in [1.29, 1.82) is 0 Å². The minimum atomic E-state index is -0.729. The van der Waals surface area contributed by atoms with Crippen LogP contribution < -0.4 is 10.6 Å². The van der Waals surface area contributed by atoms with Gasteiger partial charge in [0.1, 0.15) is 6.54 Å². The number of nitrogens with zero attached hydrogens (tertiary/aromatic N) is 1. The van der Waals surface area contributed by atoms with Gasteiger partial charge < -0.3 is 15.0 Å². The molecule has 0 unspecified atom stereocenters. The zero-order chi connectivity index (χ0) is 16.0. The number of hydrogen-bond donors (Lipinski definition) is 2. The molecule has 2 N–H and O–H groups in total. The predicted octanol–water partition coefficient (Wildman–Crippen LogP) is 0.323. The summed E-state index contributed by atoms with van der Waals surface area (Å²) in [6.45, 7) is 5.03. The third-order valence-corrected chi connectivity index (χ3v) is 3.16. The van der Waals surface area contributed by atoms with E-state index in [0.717, 1.165) is 11.8 Å². The van der Waals surface area contributed by atoms with Crippen LogP contribution in [0.25, 0.3) is 0 Å². The molecule has 0 aromatic rings. The summed E-state index contributed by atoms with van der Waals surface area (Å²) < 4.78 is 4.71. The van der Waals surface area contributed by atoms with E-state index < -0.39 is 30.1 Å². The molecule has 0 spiro atoms. The van der Waals surface area contributed by atoms with Crippen molar-refractivity contribution in [2.45, 2.75) is 26.3 Å². The van der Waals surface area contributed by atoms with Crippen molar-refractivity contribution in [3.63, 3.8) is 0 Å². The Kier molecular flexibility index (Phi) is 6.01. The van der Waals surface area contributed by atoms with Crippen molar-refractivity contribution in [1.82, 2.24) is 15.5 Å². The zero-order valence-corrected chi connectivity index (χ0v) is 13.0. The highest BCUT2D eigenvalue weighted by Crippen LogP contribution is 2.16. The first kappa shape index (κ1) is 17.3. The van der Waals surface area contributed by atoms with Crippen LogP contribution in [0.3, 0.4) is 0 Å². The van der Waals surface area contributed by atoms with Crippen LogP contribution in [0.2, 0.25) is 0 Å². The lowest BCUT2D eigenvalue weighted by atomic mass is 10.1. The summed E-state index contributed by atoms with van der Waals surface area (Å²) in [4.78, 5) is 46.9. The summed E-state index contributed by atoms with van der Waals surface area (Å²) in [6, 6.07) is -0.658. The summed E-state index contributed by atoms with van der Waals surface area (Å²) in [5, 5.41) is 4.40. The van der Waals surface area contributed by atoms with Crippen molar-refractivity contribution in [3.8, 4) is 0 Å². The number of thioether (sulfide) groups is 1. The standard InChI is InChI=1S/C12H19N3O5S/c1-12(2,3)14-10(18)13-8(16)7-20-9(17)6-15-4-5-21-11(15)19/h4-7H2,1-3H3,(H2,13,14,16,18). The van der Waals surface area contributed by atoms with Gasteiger partial charge in [0.05, 0.1) is 0 Å². The normalized spacial score (nSPS) is 14.8. The maximum atomic E-state index is 11.5. The fraction of sp³-hybridized carbons (Fsp3) is 0.667. The molecular formula is C12H19N3O5S. The second-order valence-corrected chi connectivity index (χ2v) is 6.50. The predicted molar refractivity (Wildman–Crippen MR) is 76.8 cm³/mol. The maximum absolute atomic E-state index is 11.5. The van der Waals surface area contributed by atoms with Gasteiger partial charge in [-0.25, -0.2) is 4.79 Å². The Bertz CT molecular complexity index is 447. The maximum Gasteiger partial charge on any atom is 0.326 e. The van der Waals surface area contributed by atoms with E-state index in [1.807, 2.05) is 5.32 Å². The fourth-order valence-electron chi connectivity index (χ4n) is 1.45. The second-order valence-electron chi connectivity index (χ2n) is 5.45. The molecule has 118 valence electrons. The van der Waals surface area contributed by atoms with Gasteiger partial charge in [-0.15, -0.1) is 0 Å². The van der Waals surface area contributed by atoms with E-state index in [9.17, 15) is 19.2 Å². The van der Waals surface area contributed by atoms with E-state index in [1.54, 1.807) is 20.8 Å². The Morgan fingerprint density at radius 3 is 2.52 bits per heavy atom. The molecule has 1 aliphatic heterocycles. The fourth-order valence-corrected chi connectivity index (χ4v) is 2.28. The average Bonchev–Trinajstić information content (AvgIpc) is 2.70. The Morgan fingerprint density at radius 1 is 1.33 bits per heavy atom. The van der Waals surface area contributed by atoms with Crippen molar-refractivity contribution in [3.05, 3.63) is 0 Å². The van der Waals surface area contributed by atoms with Crippen LogP contribution in [0.1, 0.15) is 20.8 Å². The smallest absolute Gasteiger partial charge is 0.326 e. The van der Waals surface area contributed by atoms with Gasteiger partial charge in [0.15, 0.2) is 6.61 Å². The van der Waals surface area contributed by atoms with Crippen LogP contribution in [0.5, 0.6) is 0 Å². The van der Waals surface area contributed by atoms with E-state index in [1.165, 1.54) is 4.90 Å². The molecule has 0 atom stereocenters. The molecule has 1 fully saturated rings. The number of esters is 1. The lowest BCUT2D eigenvalue weighted by molar-refractivity contribution is -0.148. The molecule has 0 aliphatic carbocycles. The number of urea groups is 1. The van der Waals surface area contributed by atoms with Crippen molar-refractivity contribution >= 4 is 34.9 Å². The number of imide groups is 1. The molecule has 1 heterocycles. The van der Waals surface area contributed by atoms with Crippen LogP contribution in [-0.4, -0.2) is 59.0 Å². The van der Waals surface area contributed by atoms with Gasteiger partial charge in [0, 0.05) is 17.8 Å². The van der Waals surface area contributed by atoms with Gasteiger partial charge >= 0.3 is 12.0 Å². The molecule has 1 saturated heterocycles. The van der Waals surface area contributed by atoms with Gasteiger partial charge in [0.25, 0.3) is 11.1 Å². The minimum Gasteiger partial charge on any atom is -0.454 e. The number of rotatable bonds is 4. The monoisotopic (exact) mass is 317 g/mol. The summed E-state index contributed by atoms with van der Waals surface area (Å²) >= 11 is 1.13. The molecule has 21 heavy (non-hydrogen) atoms. The van der Waals surface area contributed by atoms with E-state index in [0.29, 0.717) is 12.3 Å². The van der Waals surface area contributed by atoms with Crippen LogP contribution >= 0.6 is 11.8 Å². The van der Waals surface area contributed by atoms with E-state index in [2.05, 4.69) is 5.32 Å². The Morgan fingerprint density at radius 2 is 2.00 bits per heavy atom. The Hall–Kier alpha value is -1.77. The van der Waals surface area contributed by atoms with Crippen molar-refractivity contribution in [2.75, 3.05) is 25.4 Å². The number of carbonyl (C=O) groups excluding carboxylic acids is 4. The number of amides is 4. The quantitative estimate of drug-likeness (QED) is 0.724. The van der Waals surface area contributed by atoms with Gasteiger partial charge in [-0.05, 0) is 20.8 Å². The van der Waals surface area contributed by atoms with E-state index in [-0.39, 0.29) is 11.8 Å². The molecule has 1 aliphatic rings. The topological polar surface area (TPSA) is 105 Å². The summed E-state index contributed by atoms with van der Waals surface area (Å²) in [7, 11) is 0. The molecule has 0 aromatic carbocycles. The van der Waals surface area contributed by atoms with E-state index in [4.69, 9.17) is 4.74 Å². The first-order valence-corrected chi connectivity index (χ1v) is 7.35. The third-order valence-electron chi connectivity index (χ3n) is 2.27. The molecule has 0 radical (unpaired) electrons. The molecule has 8 nitrogen and oxygen atoms in total. The van der Waals surface area contributed by atoms with Crippen LogP contribution in [0, 0.1) is 0 Å². The van der Waals surface area contributed by atoms with Crippen LogP contribution in [0.4, 0.5) is 9.59 Å². The summed E-state index contributed by atoms with van der Waals surface area (Å²) in [5.41, 5.74) is -0.477. The lowest BCUT2D eigenvalue weighted by Gasteiger charge is -2.20. The van der Waals surface area contributed by atoms with Gasteiger partial charge in [-0.1, -0.05) is 11.8 Å². The number of carbonyl (C=O) groups is 4. The summed E-state index contributed by atoms with van der Waals surface area (Å²) in [5.74, 6) is -0.774. The average molecular weight is 317 g/mol. The second kappa shape index (κ2) is 7.30. The van der Waals surface area contributed by atoms with Gasteiger partial charge in [0.2, 0.25) is 0 Å². The molecule has 0 aromatic heterocycles. The van der Waals surface area contributed by atoms with E-state index >= 15 is 0 Å². The highest BCUT2D eigenvalue weighted by Gasteiger charge is 2.24. The number of nitrogens with one attached hydrogen (secondary N) is 2. The number of hydrogen-bond acceptors (Lipinski definition) is 6. The highest BCUT2D eigenvalue weighted by molar-refractivity contribution is 8.13. The van der Waals surface area contributed by atoms with Gasteiger partial charge in [-0.3, -0.25) is 19.7 Å². The van der Waals surface area contributed by atoms with Crippen LogP contribution in [0.15, 0.2) is 0 Å². The molecule has 0 bridgehead atoms. The van der Waals surface area contributed by atoms with Crippen LogP contribution in [-0.2, 0) is 14.3 Å². The Labute approximate surface area is 126 Å². The minimum absolute atomic E-state index is 0.180. The molecule has 1 rings (SSSR count). The van der Waals surface area contributed by atoms with Crippen molar-refractivity contribution in [2.24, 2.45) is 0 Å². The molecule has 0 saturated carbocycles. The SMILES string of the molecule is CC(C)(C)NC(=O)NC(=O)COC(=O)CN1CCSC1=O. The molecule has 4 amide bonds. The third kappa shape index (κ3) is 6.98. The zero-order valence-electron chi connectivity index (χ0n) is 12.2. The first-order chi connectivity index (χ1) is 9.67. The van der Waals surface area contributed by atoms with Gasteiger partial charge in [-0.2, -0.15) is 0 Å². The number of ether oxygens (including phenoxy) is 1. The first-order valence-electron chi connectivity index (χ1n) is 6.37. The largest absolute Gasteiger partial charge is 0.454 e. The highest BCUT2D eigenvalue weighted by atomic mass is 32.2. The Balaban J connectivity index is 2.24. The van der Waals surface area contributed by atoms with Crippen molar-refractivity contribution < 1.29 is 23.9 Å². The molecule has 9 heteroatoms. The summed E-state index contributed by atoms with van der Waals surface area (Å²) in [6.07, 6.45) is 0.